The average Bonchev–Trinajstić information content (AvgIpc) is 2.85. The molecule has 0 spiro atoms. The molecule has 2 aromatic heterocycles. The van der Waals surface area contributed by atoms with Crippen LogP contribution in [0.25, 0.3) is 10.9 Å². The zero-order valence-electron chi connectivity index (χ0n) is 10.6. The Morgan fingerprint density at radius 3 is 2.95 bits per heavy atom. The Morgan fingerprint density at radius 1 is 1.35 bits per heavy atom. The molecule has 0 saturated carbocycles. The molecule has 3 aromatic rings. The number of H-pyrrole nitrogens is 1. The maximum atomic E-state index is 12.2. The monoisotopic (exact) mass is 330 g/mol. The zero-order chi connectivity index (χ0) is 14.1. The summed E-state index contributed by atoms with van der Waals surface area (Å²) < 4.78 is 0.902. The summed E-state index contributed by atoms with van der Waals surface area (Å²) >= 11 is 3.39. The van der Waals surface area contributed by atoms with Crippen molar-refractivity contribution in [3.05, 3.63) is 52.4 Å². The predicted octanol–water partition coefficient (Wildman–Crippen LogP) is 3.28. The predicted molar refractivity (Wildman–Crippen MR) is 80.7 cm³/mol. The maximum absolute atomic E-state index is 12.2. The van der Waals surface area contributed by atoms with E-state index >= 15 is 0 Å². The number of para-hydroxylation sites is 1. The van der Waals surface area contributed by atoms with Crippen LogP contribution < -0.4 is 5.32 Å². The Kier molecular flexibility index (Phi) is 3.23. The van der Waals surface area contributed by atoms with Crippen LogP contribution in [0.3, 0.4) is 0 Å². The van der Waals surface area contributed by atoms with Gasteiger partial charge in [0.25, 0.3) is 5.91 Å². The van der Waals surface area contributed by atoms with Gasteiger partial charge in [-0.05, 0) is 35.0 Å². The first-order valence-electron chi connectivity index (χ1n) is 6.01. The molecule has 3 rings (SSSR count). The van der Waals surface area contributed by atoms with Crippen molar-refractivity contribution in [1.82, 2.24) is 15.2 Å². The molecular formula is C14H11BrN4O. The smallest absolute Gasteiger partial charge is 0.259 e. The average molecular weight is 331 g/mol. The van der Waals surface area contributed by atoms with Crippen LogP contribution >= 0.6 is 15.9 Å². The highest BCUT2D eigenvalue weighted by molar-refractivity contribution is 9.10. The van der Waals surface area contributed by atoms with Gasteiger partial charge >= 0.3 is 0 Å². The topological polar surface area (TPSA) is 70.7 Å². The minimum absolute atomic E-state index is 0.200. The van der Waals surface area contributed by atoms with Crippen molar-refractivity contribution >= 4 is 38.4 Å². The number of benzene rings is 1. The lowest BCUT2D eigenvalue weighted by Crippen LogP contribution is -2.12. The summed E-state index contributed by atoms with van der Waals surface area (Å²) in [5.41, 5.74) is 2.70. The molecule has 100 valence electrons. The van der Waals surface area contributed by atoms with Crippen molar-refractivity contribution < 1.29 is 4.79 Å². The summed E-state index contributed by atoms with van der Waals surface area (Å²) in [6, 6.07) is 7.62. The Morgan fingerprint density at radius 2 is 2.20 bits per heavy atom. The van der Waals surface area contributed by atoms with Gasteiger partial charge in [-0.25, -0.2) is 0 Å². The van der Waals surface area contributed by atoms with E-state index in [2.05, 4.69) is 36.4 Å². The Bertz CT molecular complexity index is 797. The quantitative estimate of drug-likeness (QED) is 0.757. The molecule has 0 aliphatic rings. The van der Waals surface area contributed by atoms with Gasteiger partial charge in [0.2, 0.25) is 0 Å². The number of pyridine rings is 1. The first-order chi connectivity index (χ1) is 9.65. The number of carbonyl (C=O) groups excluding carboxylic acids is 1. The van der Waals surface area contributed by atoms with E-state index < -0.39 is 0 Å². The molecule has 0 fully saturated rings. The molecule has 0 radical (unpaired) electrons. The van der Waals surface area contributed by atoms with Crippen molar-refractivity contribution in [2.24, 2.45) is 0 Å². The number of carbonyl (C=O) groups is 1. The van der Waals surface area contributed by atoms with Gasteiger partial charge < -0.3 is 5.32 Å². The summed E-state index contributed by atoms with van der Waals surface area (Å²) in [6.45, 7) is 1.81. The van der Waals surface area contributed by atoms with Crippen molar-refractivity contribution in [2.45, 2.75) is 6.92 Å². The van der Waals surface area contributed by atoms with E-state index in [-0.39, 0.29) is 5.91 Å². The molecular weight excluding hydrogens is 320 g/mol. The second-order valence-electron chi connectivity index (χ2n) is 4.39. The van der Waals surface area contributed by atoms with Crippen LogP contribution in [0.1, 0.15) is 16.1 Å². The van der Waals surface area contributed by atoms with Gasteiger partial charge in [-0.15, -0.1) is 0 Å². The lowest BCUT2D eigenvalue weighted by molar-refractivity contribution is 0.102. The molecule has 0 saturated heterocycles. The van der Waals surface area contributed by atoms with Gasteiger partial charge in [-0.3, -0.25) is 14.9 Å². The molecule has 2 heterocycles. The maximum Gasteiger partial charge on any atom is 0.259 e. The minimum atomic E-state index is -0.200. The number of nitrogens with one attached hydrogen (secondary N) is 2. The molecule has 5 nitrogen and oxygen atoms in total. The molecule has 0 unspecified atom stereocenters. The first kappa shape index (κ1) is 12.8. The van der Waals surface area contributed by atoms with Crippen molar-refractivity contribution in [3.8, 4) is 0 Å². The van der Waals surface area contributed by atoms with E-state index in [1.54, 1.807) is 13.1 Å². The van der Waals surface area contributed by atoms with Gasteiger partial charge in [-0.2, -0.15) is 5.10 Å². The van der Waals surface area contributed by atoms with Crippen LogP contribution in [0.4, 0.5) is 5.69 Å². The second-order valence-corrected chi connectivity index (χ2v) is 5.31. The summed E-state index contributed by atoms with van der Waals surface area (Å²) in [5.74, 6) is -0.200. The summed E-state index contributed by atoms with van der Waals surface area (Å²) in [4.78, 5) is 16.6. The number of aryl methyl sites for hydroxylation is 1. The highest BCUT2D eigenvalue weighted by atomic mass is 79.9. The number of hydrogen-bond donors (Lipinski definition) is 2. The number of halogens is 1. The van der Waals surface area contributed by atoms with Gasteiger partial charge in [-0.1, -0.05) is 12.1 Å². The van der Waals surface area contributed by atoms with E-state index in [1.165, 1.54) is 6.20 Å². The van der Waals surface area contributed by atoms with E-state index in [4.69, 9.17) is 0 Å². The third kappa shape index (κ3) is 2.30. The molecule has 20 heavy (non-hydrogen) atoms. The standard InChI is InChI=1S/C14H11BrN4O/c1-8-11(7-17-19-8)14(20)18-12-4-2-3-9-5-10(15)6-16-13(9)12/h2-7H,1H3,(H,17,19)(H,18,20). The fourth-order valence-corrected chi connectivity index (χ4v) is 2.35. The lowest BCUT2D eigenvalue weighted by atomic mass is 10.2. The zero-order valence-corrected chi connectivity index (χ0v) is 12.2. The van der Waals surface area contributed by atoms with E-state index in [0.717, 1.165) is 21.1 Å². The van der Waals surface area contributed by atoms with Gasteiger partial charge in [0.15, 0.2) is 0 Å². The largest absolute Gasteiger partial charge is 0.320 e. The third-order valence-electron chi connectivity index (χ3n) is 3.00. The number of anilines is 1. The van der Waals surface area contributed by atoms with Gasteiger partial charge in [0, 0.05) is 21.7 Å². The van der Waals surface area contributed by atoms with Crippen molar-refractivity contribution in [3.63, 3.8) is 0 Å². The molecule has 1 amide bonds. The van der Waals surface area contributed by atoms with Crippen LogP contribution in [0, 0.1) is 6.92 Å². The van der Waals surface area contributed by atoms with Crippen molar-refractivity contribution in [1.29, 1.82) is 0 Å². The number of rotatable bonds is 2. The van der Waals surface area contributed by atoms with E-state index in [9.17, 15) is 4.79 Å². The molecule has 1 aromatic carbocycles. The van der Waals surface area contributed by atoms with Crippen LogP contribution in [0.5, 0.6) is 0 Å². The second kappa shape index (κ2) is 5.05. The molecule has 6 heteroatoms. The van der Waals surface area contributed by atoms with E-state index in [0.29, 0.717) is 11.3 Å². The van der Waals surface area contributed by atoms with Crippen LogP contribution in [-0.4, -0.2) is 21.1 Å². The Labute approximate surface area is 123 Å². The van der Waals surface area contributed by atoms with Crippen molar-refractivity contribution in [2.75, 3.05) is 5.32 Å². The summed E-state index contributed by atoms with van der Waals surface area (Å²) in [7, 11) is 0. The lowest BCUT2D eigenvalue weighted by Gasteiger charge is -2.07. The van der Waals surface area contributed by atoms with Gasteiger partial charge in [0.05, 0.1) is 23.0 Å². The third-order valence-corrected chi connectivity index (χ3v) is 3.43. The molecule has 0 aliphatic carbocycles. The summed E-state index contributed by atoms with van der Waals surface area (Å²) in [6.07, 6.45) is 3.22. The number of amides is 1. The Hall–Kier alpha value is -2.21. The molecule has 0 atom stereocenters. The fraction of sp³-hybridized carbons (Fsp3) is 0.0714. The Balaban J connectivity index is 1.99. The SMILES string of the molecule is Cc1[nH]ncc1C(=O)Nc1cccc2cc(Br)cnc12. The summed E-state index contributed by atoms with van der Waals surface area (Å²) in [5, 5.41) is 10.4. The van der Waals surface area contributed by atoms with Crippen LogP contribution in [-0.2, 0) is 0 Å². The molecule has 2 N–H and O–H groups in total. The fourth-order valence-electron chi connectivity index (χ4n) is 2.00. The normalized spacial score (nSPS) is 10.7. The van der Waals surface area contributed by atoms with Crippen LogP contribution in [0.2, 0.25) is 0 Å². The first-order valence-corrected chi connectivity index (χ1v) is 6.80. The van der Waals surface area contributed by atoms with Gasteiger partial charge in [0.1, 0.15) is 0 Å². The van der Waals surface area contributed by atoms with Crippen LogP contribution in [0.15, 0.2) is 41.1 Å². The number of fused-ring (bicyclic) bond motifs is 1. The van der Waals surface area contributed by atoms with E-state index in [1.807, 2.05) is 24.3 Å². The minimum Gasteiger partial charge on any atom is -0.320 e. The number of aromatic amines is 1. The molecule has 0 bridgehead atoms. The number of hydrogen-bond acceptors (Lipinski definition) is 3. The molecule has 0 aliphatic heterocycles. The number of aromatic nitrogens is 3. The number of nitrogens with zero attached hydrogens (tertiary/aromatic N) is 2. The highest BCUT2D eigenvalue weighted by Crippen LogP contribution is 2.24. The highest BCUT2D eigenvalue weighted by Gasteiger charge is 2.12.